The fraction of sp³-hybridized carbons (Fsp3) is 0.467. The van der Waals surface area contributed by atoms with Gasteiger partial charge >= 0.3 is 0 Å². The minimum Gasteiger partial charge on any atom is -0.356 e. The maximum atomic E-state index is 11.9. The van der Waals surface area contributed by atoms with E-state index in [1.54, 1.807) is 24.5 Å². The Bertz CT molecular complexity index is 720. The number of sulfone groups is 1. The molecule has 0 unspecified atom stereocenters. The zero-order chi connectivity index (χ0) is 15.6. The molecule has 22 heavy (non-hydrogen) atoms. The molecule has 0 atom stereocenters. The first-order valence-electron chi connectivity index (χ1n) is 7.41. The van der Waals surface area contributed by atoms with E-state index < -0.39 is 9.84 Å². The number of pyridine rings is 1. The molecule has 0 aliphatic carbocycles. The van der Waals surface area contributed by atoms with Gasteiger partial charge in [-0.05, 0) is 37.0 Å². The molecule has 0 spiro atoms. The summed E-state index contributed by atoms with van der Waals surface area (Å²) in [5, 5.41) is 4.25. The topological polar surface area (TPSA) is 68.1 Å². The van der Waals surface area contributed by atoms with Gasteiger partial charge in [-0.3, -0.25) is 4.68 Å². The van der Waals surface area contributed by atoms with Gasteiger partial charge in [0.25, 0.3) is 0 Å². The minimum absolute atomic E-state index is 0.320. The molecular weight excluding hydrogens is 300 g/mol. The van der Waals surface area contributed by atoms with Gasteiger partial charge in [-0.15, -0.1) is 0 Å². The number of piperidine rings is 1. The van der Waals surface area contributed by atoms with Crippen molar-refractivity contribution in [2.75, 3.05) is 24.2 Å². The molecule has 0 bridgehead atoms. The molecule has 7 heteroatoms. The molecule has 0 amide bonds. The van der Waals surface area contributed by atoms with Gasteiger partial charge in [0, 0.05) is 44.5 Å². The summed E-state index contributed by atoms with van der Waals surface area (Å²) in [5.41, 5.74) is 0. The molecule has 2 aromatic heterocycles. The molecule has 1 aliphatic rings. The first-order chi connectivity index (χ1) is 10.5. The average molecular weight is 320 g/mol. The van der Waals surface area contributed by atoms with Gasteiger partial charge in [-0.25, -0.2) is 13.4 Å². The van der Waals surface area contributed by atoms with Gasteiger partial charge in [-0.1, -0.05) is 0 Å². The maximum Gasteiger partial charge on any atom is 0.179 e. The molecule has 0 N–H and O–H groups in total. The Balaban J connectivity index is 1.69. The molecule has 0 radical (unpaired) electrons. The fourth-order valence-corrected chi connectivity index (χ4v) is 3.75. The lowest BCUT2D eigenvalue weighted by Gasteiger charge is -2.33. The van der Waals surface area contributed by atoms with Crippen molar-refractivity contribution < 1.29 is 8.42 Å². The summed E-state index contributed by atoms with van der Waals surface area (Å²) in [6.45, 7) is 2.57. The van der Waals surface area contributed by atoms with Gasteiger partial charge in [0.05, 0.1) is 0 Å². The molecule has 1 fully saturated rings. The predicted octanol–water partition coefficient (Wildman–Crippen LogP) is 1.60. The van der Waals surface area contributed by atoms with E-state index in [-0.39, 0.29) is 0 Å². The Morgan fingerprint density at radius 3 is 2.64 bits per heavy atom. The zero-order valence-corrected chi connectivity index (χ0v) is 13.4. The van der Waals surface area contributed by atoms with E-state index >= 15 is 0 Å². The van der Waals surface area contributed by atoms with Crippen molar-refractivity contribution in [1.82, 2.24) is 14.8 Å². The highest BCUT2D eigenvalue weighted by molar-refractivity contribution is 7.90. The van der Waals surface area contributed by atoms with E-state index in [1.165, 1.54) is 6.26 Å². The van der Waals surface area contributed by atoms with Gasteiger partial charge in [-0.2, -0.15) is 5.10 Å². The van der Waals surface area contributed by atoms with E-state index in [2.05, 4.69) is 15.0 Å². The monoisotopic (exact) mass is 320 g/mol. The summed E-state index contributed by atoms with van der Waals surface area (Å²) in [4.78, 5) is 6.70. The summed E-state index contributed by atoms with van der Waals surface area (Å²) in [7, 11) is -3.26. The van der Waals surface area contributed by atoms with Crippen molar-refractivity contribution >= 4 is 15.7 Å². The van der Waals surface area contributed by atoms with Gasteiger partial charge < -0.3 is 4.90 Å². The molecule has 0 aromatic carbocycles. The van der Waals surface area contributed by atoms with Crippen LogP contribution in [0.4, 0.5) is 5.82 Å². The number of aromatic nitrogens is 3. The smallest absolute Gasteiger partial charge is 0.179 e. The molecule has 3 rings (SSSR count). The molecular formula is C15H20N4O2S. The first-order valence-corrected chi connectivity index (χ1v) is 9.30. The fourth-order valence-electron chi connectivity index (χ4n) is 2.91. The van der Waals surface area contributed by atoms with E-state index in [4.69, 9.17) is 0 Å². The van der Waals surface area contributed by atoms with Crippen molar-refractivity contribution in [3.63, 3.8) is 0 Å². The van der Waals surface area contributed by atoms with Crippen molar-refractivity contribution in [1.29, 1.82) is 0 Å². The third-order valence-corrected chi connectivity index (χ3v) is 5.19. The lowest BCUT2D eigenvalue weighted by Crippen LogP contribution is -2.36. The van der Waals surface area contributed by atoms with Crippen LogP contribution in [0.5, 0.6) is 0 Å². The minimum atomic E-state index is -3.26. The van der Waals surface area contributed by atoms with Crippen LogP contribution in [0.15, 0.2) is 41.7 Å². The lowest BCUT2D eigenvalue weighted by atomic mass is 9.97. The van der Waals surface area contributed by atoms with Crippen LogP contribution in [0.2, 0.25) is 0 Å². The largest absolute Gasteiger partial charge is 0.356 e. The molecule has 118 valence electrons. The highest BCUT2D eigenvalue weighted by atomic mass is 32.2. The second-order valence-electron chi connectivity index (χ2n) is 5.76. The van der Waals surface area contributed by atoms with Crippen molar-refractivity contribution in [3.05, 3.63) is 36.8 Å². The van der Waals surface area contributed by atoms with Gasteiger partial charge in [0.1, 0.15) is 10.7 Å². The van der Waals surface area contributed by atoms with Crippen LogP contribution in [-0.4, -0.2) is 42.5 Å². The Morgan fingerprint density at radius 1 is 1.23 bits per heavy atom. The number of hydrogen-bond acceptors (Lipinski definition) is 5. The molecule has 1 saturated heterocycles. The third kappa shape index (κ3) is 3.30. The van der Waals surface area contributed by atoms with Crippen LogP contribution >= 0.6 is 0 Å². The normalized spacial score (nSPS) is 16.9. The van der Waals surface area contributed by atoms with E-state index in [0.717, 1.165) is 32.5 Å². The van der Waals surface area contributed by atoms with Crippen molar-refractivity contribution in [2.24, 2.45) is 5.92 Å². The zero-order valence-electron chi connectivity index (χ0n) is 12.6. The standard InChI is InChI=1S/C15H20N4O2S/c1-22(20,21)14-4-2-7-16-15(14)18-10-5-13(6-11-18)12-19-9-3-8-17-19/h2-4,7-9,13H,5-6,10-12H2,1H3. The molecule has 1 aliphatic heterocycles. The van der Waals surface area contributed by atoms with E-state index in [1.807, 2.05) is 16.9 Å². The van der Waals surface area contributed by atoms with Crippen LogP contribution in [0.3, 0.4) is 0 Å². The van der Waals surface area contributed by atoms with Crippen LogP contribution in [0.1, 0.15) is 12.8 Å². The summed E-state index contributed by atoms with van der Waals surface area (Å²) < 4.78 is 25.7. The van der Waals surface area contributed by atoms with Crippen LogP contribution < -0.4 is 4.90 Å². The predicted molar refractivity (Wildman–Crippen MR) is 84.5 cm³/mol. The maximum absolute atomic E-state index is 11.9. The van der Waals surface area contributed by atoms with Crippen LogP contribution in [0, 0.1) is 5.92 Å². The Morgan fingerprint density at radius 2 is 2.00 bits per heavy atom. The molecule has 6 nitrogen and oxygen atoms in total. The highest BCUT2D eigenvalue weighted by Gasteiger charge is 2.24. The van der Waals surface area contributed by atoms with E-state index in [0.29, 0.717) is 16.6 Å². The molecule has 3 heterocycles. The van der Waals surface area contributed by atoms with Crippen molar-refractivity contribution in [2.45, 2.75) is 24.3 Å². The number of nitrogens with zero attached hydrogens (tertiary/aromatic N) is 4. The second-order valence-corrected chi connectivity index (χ2v) is 7.74. The number of rotatable bonds is 4. The molecule has 0 saturated carbocycles. The van der Waals surface area contributed by atoms with Crippen LogP contribution in [-0.2, 0) is 16.4 Å². The van der Waals surface area contributed by atoms with Crippen LogP contribution in [0.25, 0.3) is 0 Å². The Labute approximate surface area is 130 Å². The highest BCUT2D eigenvalue weighted by Crippen LogP contribution is 2.27. The van der Waals surface area contributed by atoms with Crippen molar-refractivity contribution in [3.8, 4) is 0 Å². The van der Waals surface area contributed by atoms with E-state index in [9.17, 15) is 8.42 Å². The summed E-state index contributed by atoms with van der Waals surface area (Å²) in [6.07, 6.45) is 8.69. The lowest BCUT2D eigenvalue weighted by molar-refractivity contribution is 0.341. The quantitative estimate of drug-likeness (QED) is 0.856. The first kappa shape index (κ1) is 15.0. The molecule has 2 aromatic rings. The Kier molecular flexibility index (Phi) is 4.15. The Hall–Kier alpha value is -1.89. The summed E-state index contributed by atoms with van der Waals surface area (Å²) in [6, 6.07) is 5.24. The van der Waals surface area contributed by atoms with Gasteiger partial charge in [0.15, 0.2) is 9.84 Å². The number of anilines is 1. The second kappa shape index (κ2) is 6.08. The third-order valence-electron chi connectivity index (χ3n) is 4.07. The summed E-state index contributed by atoms with van der Waals surface area (Å²) in [5.74, 6) is 1.16. The SMILES string of the molecule is CS(=O)(=O)c1cccnc1N1CCC(Cn2cccn2)CC1. The van der Waals surface area contributed by atoms with Gasteiger partial charge in [0.2, 0.25) is 0 Å². The summed E-state index contributed by atoms with van der Waals surface area (Å²) >= 11 is 0. The average Bonchev–Trinajstić information content (AvgIpc) is 3.00. The number of hydrogen-bond donors (Lipinski definition) is 0.